The molecule has 1 aromatic carbocycles. The third-order valence-corrected chi connectivity index (χ3v) is 3.54. The van der Waals surface area contributed by atoms with E-state index in [0.29, 0.717) is 5.95 Å². The van der Waals surface area contributed by atoms with Crippen LogP contribution in [0.4, 0.5) is 11.1 Å². The normalized spacial score (nSPS) is 10.5. The topological polar surface area (TPSA) is 62.7 Å². The van der Waals surface area contributed by atoms with Crippen LogP contribution >= 0.6 is 11.3 Å². The third-order valence-electron chi connectivity index (χ3n) is 2.54. The second kappa shape index (κ2) is 5.62. The highest BCUT2D eigenvalue weighted by atomic mass is 32.1. The molecule has 0 unspecified atom stereocenters. The summed E-state index contributed by atoms with van der Waals surface area (Å²) in [5, 5.41) is 7.38. The number of aromatic nitrogens is 3. The number of hydrogen-bond donors (Lipinski definition) is 2. The van der Waals surface area contributed by atoms with Gasteiger partial charge in [-0.05, 0) is 18.2 Å². The Labute approximate surface area is 114 Å². The average Bonchev–Trinajstić information content (AvgIpc) is 2.87. The van der Waals surface area contributed by atoms with Crippen molar-refractivity contribution in [1.29, 1.82) is 0 Å². The molecule has 2 aromatic heterocycles. The number of thiazole rings is 1. The van der Waals surface area contributed by atoms with Crippen LogP contribution in [0.25, 0.3) is 10.2 Å². The van der Waals surface area contributed by atoms with E-state index in [1.54, 1.807) is 29.8 Å². The van der Waals surface area contributed by atoms with E-state index in [2.05, 4.69) is 31.7 Å². The lowest BCUT2D eigenvalue weighted by atomic mass is 10.3. The monoisotopic (exact) mass is 271 g/mol. The Hall–Kier alpha value is -2.21. The quantitative estimate of drug-likeness (QED) is 0.698. The number of anilines is 2. The number of rotatable bonds is 5. The number of fused-ring (bicyclic) bond motifs is 1. The summed E-state index contributed by atoms with van der Waals surface area (Å²) in [6.45, 7) is 1.53. The summed E-state index contributed by atoms with van der Waals surface area (Å²) in [5.41, 5.74) is 1.04. The maximum absolute atomic E-state index is 4.51. The molecule has 0 saturated heterocycles. The van der Waals surface area contributed by atoms with Crippen molar-refractivity contribution in [1.82, 2.24) is 15.0 Å². The Morgan fingerprint density at radius 3 is 2.58 bits per heavy atom. The van der Waals surface area contributed by atoms with Gasteiger partial charge in [0.05, 0.1) is 10.2 Å². The number of benzene rings is 1. The fraction of sp³-hybridized carbons (Fsp3) is 0.154. The Balaban J connectivity index is 1.52. The molecule has 0 aliphatic heterocycles. The Morgan fingerprint density at radius 1 is 0.947 bits per heavy atom. The van der Waals surface area contributed by atoms with Crippen molar-refractivity contribution in [2.75, 3.05) is 23.7 Å². The van der Waals surface area contributed by atoms with Crippen LogP contribution in [0.3, 0.4) is 0 Å². The Kier molecular flexibility index (Phi) is 3.51. The summed E-state index contributed by atoms with van der Waals surface area (Å²) in [6.07, 6.45) is 3.44. The maximum atomic E-state index is 4.51. The molecular weight excluding hydrogens is 258 g/mol. The minimum atomic E-state index is 0.647. The van der Waals surface area contributed by atoms with Crippen molar-refractivity contribution in [3.05, 3.63) is 42.7 Å². The first kappa shape index (κ1) is 11.9. The van der Waals surface area contributed by atoms with Gasteiger partial charge in [-0.15, -0.1) is 0 Å². The molecule has 0 saturated carbocycles. The third kappa shape index (κ3) is 2.97. The van der Waals surface area contributed by atoms with Gasteiger partial charge >= 0.3 is 0 Å². The fourth-order valence-corrected chi connectivity index (χ4v) is 2.57. The van der Waals surface area contributed by atoms with Gasteiger partial charge in [-0.3, -0.25) is 0 Å². The first-order chi connectivity index (χ1) is 9.42. The zero-order chi connectivity index (χ0) is 12.9. The van der Waals surface area contributed by atoms with E-state index in [0.717, 1.165) is 23.7 Å². The summed E-state index contributed by atoms with van der Waals surface area (Å²) in [4.78, 5) is 12.7. The van der Waals surface area contributed by atoms with Gasteiger partial charge in [0.2, 0.25) is 5.95 Å². The largest absolute Gasteiger partial charge is 0.360 e. The standard InChI is InChI=1S/C13H13N5S/c1-2-5-11-10(4-1)18-13(19-11)17-9-8-16-12-14-6-3-7-15-12/h1-7H,8-9H2,(H,17,18)(H,14,15,16). The van der Waals surface area contributed by atoms with E-state index in [1.807, 2.05) is 18.2 Å². The molecule has 3 rings (SSSR count). The van der Waals surface area contributed by atoms with Crippen molar-refractivity contribution in [2.24, 2.45) is 0 Å². The molecule has 0 fully saturated rings. The highest BCUT2D eigenvalue weighted by Crippen LogP contribution is 2.24. The highest BCUT2D eigenvalue weighted by Gasteiger charge is 2.01. The van der Waals surface area contributed by atoms with Crippen LogP contribution in [0.2, 0.25) is 0 Å². The SMILES string of the molecule is c1cnc(NCCNc2nc3ccccc3s2)nc1. The molecule has 0 aliphatic carbocycles. The minimum Gasteiger partial charge on any atom is -0.360 e. The average molecular weight is 271 g/mol. The van der Waals surface area contributed by atoms with Crippen molar-refractivity contribution in [3.63, 3.8) is 0 Å². The van der Waals surface area contributed by atoms with Crippen LogP contribution in [0.5, 0.6) is 0 Å². The number of nitrogens with zero attached hydrogens (tertiary/aromatic N) is 3. The van der Waals surface area contributed by atoms with Crippen molar-refractivity contribution in [2.45, 2.75) is 0 Å². The minimum absolute atomic E-state index is 0.647. The lowest BCUT2D eigenvalue weighted by Gasteiger charge is -2.04. The lowest BCUT2D eigenvalue weighted by molar-refractivity contribution is 1.02. The van der Waals surface area contributed by atoms with E-state index in [-0.39, 0.29) is 0 Å². The van der Waals surface area contributed by atoms with E-state index in [1.165, 1.54) is 4.70 Å². The van der Waals surface area contributed by atoms with Gasteiger partial charge in [-0.25, -0.2) is 15.0 Å². The predicted molar refractivity (Wildman–Crippen MR) is 78.6 cm³/mol. The summed E-state index contributed by atoms with van der Waals surface area (Å²) < 4.78 is 1.20. The van der Waals surface area contributed by atoms with Gasteiger partial charge < -0.3 is 10.6 Å². The lowest BCUT2D eigenvalue weighted by Crippen LogP contribution is -2.14. The van der Waals surface area contributed by atoms with Gasteiger partial charge in [-0.2, -0.15) is 0 Å². The van der Waals surface area contributed by atoms with Crippen molar-refractivity contribution in [3.8, 4) is 0 Å². The molecule has 2 N–H and O–H groups in total. The zero-order valence-electron chi connectivity index (χ0n) is 10.2. The summed E-state index contributed by atoms with van der Waals surface area (Å²) in [6, 6.07) is 9.92. The molecule has 0 aliphatic rings. The molecule has 0 amide bonds. The predicted octanol–water partition coefficient (Wildman–Crippen LogP) is 2.61. The number of nitrogens with one attached hydrogen (secondary N) is 2. The molecule has 0 atom stereocenters. The van der Waals surface area contributed by atoms with Gasteiger partial charge in [0.15, 0.2) is 5.13 Å². The van der Waals surface area contributed by atoms with Gasteiger partial charge in [0.25, 0.3) is 0 Å². The highest BCUT2D eigenvalue weighted by molar-refractivity contribution is 7.22. The van der Waals surface area contributed by atoms with Crippen LogP contribution in [0, 0.1) is 0 Å². The summed E-state index contributed by atoms with van der Waals surface area (Å²) in [7, 11) is 0. The summed E-state index contributed by atoms with van der Waals surface area (Å²) >= 11 is 1.66. The first-order valence-electron chi connectivity index (χ1n) is 6.02. The van der Waals surface area contributed by atoms with Crippen molar-refractivity contribution >= 4 is 32.6 Å². The fourth-order valence-electron chi connectivity index (χ4n) is 1.68. The second-order valence-electron chi connectivity index (χ2n) is 3.91. The van der Waals surface area contributed by atoms with Gasteiger partial charge in [-0.1, -0.05) is 23.5 Å². The molecule has 2 heterocycles. The Bertz CT molecular complexity index is 619. The molecule has 6 heteroatoms. The van der Waals surface area contributed by atoms with Crippen LogP contribution in [0.15, 0.2) is 42.7 Å². The molecule has 96 valence electrons. The van der Waals surface area contributed by atoms with Crippen LogP contribution in [0.1, 0.15) is 0 Å². The second-order valence-corrected chi connectivity index (χ2v) is 4.94. The molecule has 19 heavy (non-hydrogen) atoms. The Morgan fingerprint density at radius 2 is 1.74 bits per heavy atom. The number of para-hydroxylation sites is 1. The van der Waals surface area contributed by atoms with Crippen LogP contribution in [-0.4, -0.2) is 28.0 Å². The van der Waals surface area contributed by atoms with Crippen molar-refractivity contribution < 1.29 is 0 Å². The van der Waals surface area contributed by atoms with E-state index >= 15 is 0 Å². The maximum Gasteiger partial charge on any atom is 0.222 e. The summed E-state index contributed by atoms with van der Waals surface area (Å²) in [5.74, 6) is 0.647. The number of hydrogen-bond acceptors (Lipinski definition) is 6. The van der Waals surface area contributed by atoms with Gasteiger partial charge in [0, 0.05) is 25.5 Å². The van der Waals surface area contributed by atoms with Crippen LogP contribution in [-0.2, 0) is 0 Å². The molecule has 3 aromatic rings. The molecule has 0 radical (unpaired) electrons. The molecule has 0 spiro atoms. The molecular formula is C13H13N5S. The van der Waals surface area contributed by atoms with Crippen LogP contribution < -0.4 is 10.6 Å². The smallest absolute Gasteiger partial charge is 0.222 e. The zero-order valence-corrected chi connectivity index (χ0v) is 11.0. The first-order valence-corrected chi connectivity index (χ1v) is 6.84. The van der Waals surface area contributed by atoms with Gasteiger partial charge in [0.1, 0.15) is 0 Å². The van der Waals surface area contributed by atoms with E-state index in [4.69, 9.17) is 0 Å². The van der Waals surface area contributed by atoms with E-state index < -0.39 is 0 Å². The van der Waals surface area contributed by atoms with E-state index in [9.17, 15) is 0 Å². The molecule has 5 nitrogen and oxygen atoms in total. The molecule has 0 bridgehead atoms.